The Labute approximate surface area is 145 Å². The van der Waals surface area contributed by atoms with Crippen LogP contribution in [-0.2, 0) is 9.59 Å². The molecule has 1 N–H and O–H groups in total. The van der Waals surface area contributed by atoms with Crippen LogP contribution in [0.4, 0.5) is 0 Å². The molecule has 2 heterocycles. The van der Waals surface area contributed by atoms with Crippen LogP contribution < -0.4 is 5.32 Å². The Morgan fingerprint density at radius 2 is 1.79 bits per heavy atom. The van der Waals surface area contributed by atoms with Gasteiger partial charge in [0.05, 0.1) is 6.54 Å². The minimum atomic E-state index is 0.177. The van der Waals surface area contributed by atoms with Crippen molar-refractivity contribution in [2.75, 3.05) is 52.4 Å². The minimum Gasteiger partial charge on any atom is -0.355 e. The van der Waals surface area contributed by atoms with Gasteiger partial charge in [-0.2, -0.15) is 0 Å². The summed E-state index contributed by atoms with van der Waals surface area (Å²) < 4.78 is 0. The molecule has 0 unspecified atom stereocenters. The van der Waals surface area contributed by atoms with Crippen LogP contribution in [0, 0.1) is 11.8 Å². The fourth-order valence-corrected chi connectivity index (χ4v) is 4.23. The van der Waals surface area contributed by atoms with Crippen molar-refractivity contribution in [1.82, 2.24) is 20.0 Å². The van der Waals surface area contributed by atoms with Crippen LogP contribution in [0.2, 0.25) is 0 Å². The van der Waals surface area contributed by atoms with Crippen LogP contribution in [0.25, 0.3) is 0 Å². The van der Waals surface area contributed by atoms with Gasteiger partial charge in [0.2, 0.25) is 11.8 Å². The highest BCUT2D eigenvalue weighted by Crippen LogP contribution is 2.25. The summed E-state index contributed by atoms with van der Waals surface area (Å²) in [4.78, 5) is 30.3. The zero-order chi connectivity index (χ0) is 17.1. The third-order valence-electron chi connectivity index (χ3n) is 6.06. The summed E-state index contributed by atoms with van der Waals surface area (Å²) in [6.07, 6.45) is 3.87. The number of nitrogens with one attached hydrogen (secondary N) is 1. The average Bonchev–Trinajstić information content (AvgIpc) is 2.86. The van der Waals surface area contributed by atoms with E-state index in [2.05, 4.69) is 22.0 Å². The number of hydrogen-bond acceptors (Lipinski definition) is 4. The lowest BCUT2D eigenvalue weighted by atomic mass is 9.85. The van der Waals surface area contributed by atoms with Crippen molar-refractivity contribution in [1.29, 1.82) is 0 Å². The van der Waals surface area contributed by atoms with Gasteiger partial charge in [-0.25, -0.2) is 0 Å². The molecule has 0 bridgehead atoms. The second-order valence-electron chi connectivity index (χ2n) is 7.88. The number of rotatable bonds is 5. The normalized spacial score (nSPS) is 29.5. The summed E-state index contributed by atoms with van der Waals surface area (Å²) in [6, 6.07) is 0.513. The fraction of sp³-hybridized carbons (Fsp3) is 0.889. The highest BCUT2D eigenvalue weighted by atomic mass is 16.2. The topological polar surface area (TPSA) is 55.9 Å². The van der Waals surface area contributed by atoms with E-state index in [0.29, 0.717) is 18.5 Å². The first-order chi connectivity index (χ1) is 11.5. The van der Waals surface area contributed by atoms with Crippen LogP contribution in [-0.4, -0.2) is 84.9 Å². The van der Waals surface area contributed by atoms with E-state index in [1.165, 1.54) is 19.3 Å². The highest BCUT2D eigenvalue weighted by Gasteiger charge is 2.36. The van der Waals surface area contributed by atoms with Gasteiger partial charge in [-0.15, -0.1) is 0 Å². The van der Waals surface area contributed by atoms with Gasteiger partial charge in [-0.3, -0.25) is 19.4 Å². The molecule has 3 fully saturated rings. The number of piperazine rings is 1. The molecule has 3 aliphatic rings. The summed E-state index contributed by atoms with van der Waals surface area (Å²) in [7, 11) is 0. The van der Waals surface area contributed by atoms with Gasteiger partial charge < -0.3 is 10.2 Å². The number of amides is 2. The zero-order valence-corrected chi connectivity index (χ0v) is 15.2. The van der Waals surface area contributed by atoms with E-state index in [9.17, 15) is 9.59 Å². The summed E-state index contributed by atoms with van der Waals surface area (Å²) >= 11 is 0. The molecule has 1 saturated carbocycles. The standard InChI is InChI=1S/C18H32N4O2/c1-14-11-20(13-18(24)19-10-16-4-3-5-16)12-17(14)22-8-6-21(7-9-22)15(2)23/h14,16-17H,3-13H2,1-2H3,(H,19,24)/t14-,17+/m0/s1. The monoisotopic (exact) mass is 336 g/mol. The Balaban J connectivity index is 1.41. The Kier molecular flexibility index (Phi) is 5.76. The van der Waals surface area contributed by atoms with Gasteiger partial charge in [-0.05, 0) is 24.7 Å². The van der Waals surface area contributed by atoms with Crippen LogP contribution in [0.1, 0.15) is 33.1 Å². The lowest BCUT2D eigenvalue weighted by molar-refractivity contribution is -0.131. The van der Waals surface area contributed by atoms with E-state index in [1.807, 2.05) is 4.90 Å². The molecule has 0 spiro atoms. The number of nitrogens with zero attached hydrogens (tertiary/aromatic N) is 3. The molecule has 2 atom stereocenters. The Morgan fingerprint density at radius 1 is 1.08 bits per heavy atom. The molecule has 6 heteroatoms. The second kappa shape index (κ2) is 7.83. The Bertz CT molecular complexity index is 458. The van der Waals surface area contributed by atoms with Crippen molar-refractivity contribution in [2.45, 2.75) is 39.2 Å². The van der Waals surface area contributed by atoms with Crippen molar-refractivity contribution in [3.05, 3.63) is 0 Å². The third-order valence-corrected chi connectivity index (χ3v) is 6.06. The van der Waals surface area contributed by atoms with Crippen LogP contribution in [0.3, 0.4) is 0 Å². The lowest BCUT2D eigenvalue weighted by Crippen LogP contribution is -2.53. The van der Waals surface area contributed by atoms with Gasteiger partial charge in [0.1, 0.15) is 0 Å². The number of carbonyl (C=O) groups is 2. The second-order valence-corrected chi connectivity index (χ2v) is 7.88. The van der Waals surface area contributed by atoms with Gasteiger partial charge in [-0.1, -0.05) is 13.3 Å². The van der Waals surface area contributed by atoms with Gasteiger partial charge in [0, 0.05) is 58.8 Å². The van der Waals surface area contributed by atoms with Crippen molar-refractivity contribution in [2.24, 2.45) is 11.8 Å². The summed E-state index contributed by atoms with van der Waals surface area (Å²) in [5.41, 5.74) is 0. The molecular formula is C18H32N4O2. The van der Waals surface area contributed by atoms with Crippen molar-refractivity contribution < 1.29 is 9.59 Å². The van der Waals surface area contributed by atoms with E-state index in [0.717, 1.165) is 51.7 Å². The number of hydrogen-bond donors (Lipinski definition) is 1. The molecule has 0 radical (unpaired) electrons. The molecule has 3 rings (SSSR count). The first kappa shape index (κ1) is 17.7. The highest BCUT2D eigenvalue weighted by molar-refractivity contribution is 5.78. The first-order valence-corrected chi connectivity index (χ1v) is 9.51. The lowest BCUT2D eigenvalue weighted by Gasteiger charge is -2.39. The van der Waals surface area contributed by atoms with Gasteiger partial charge in [0.15, 0.2) is 0 Å². The molecule has 2 saturated heterocycles. The van der Waals surface area contributed by atoms with Crippen molar-refractivity contribution in [3.8, 4) is 0 Å². The number of likely N-dealkylation sites (tertiary alicyclic amines) is 1. The third kappa shape index (κ3) is 4.28. The molecular weight excluding hydrogens is 304 g/mol. The van der Waals surface area contributed by atoms with Crippen LogP contribution in [0.15, 0.2) is 0 Å². The molecule has 136 valence electrons. The summed E-state index contributed by atoms with van der Waals surface area (Å²) in [6.45, 7) is 10.9. The quantitative estimate of drug-likeness (QED) is 0.789. The van der Waals surface area contributed by atoms with Gasteiger partial charge in [0.25, 0.3) is 0 Å². The molecule has 2 amide bonds. The SMILES string of the molecule is CC(=O)N1CCN([C@@H]2CN(CC(=O)NCC3CCC3)C[C@@H]2C)CC1. The molecule has 6 nitrogen and oxygen atoms in total. The zero-order valence-electron chi connectivity index (χ0n) is 15.2. The van der Waals surface area contributed by atoms with Crippen molar-refractivity contribution in [3.63, 3.8) is 0 Å². The maximum Gasteiger partial charge on any atom is 0.234 e. The maximum absolute atomic E-state index is 12.1. The predicted molar refractivity (Wildman–Crippen MR) is 93.6 cm³/mol. The van der Waals surface area contributed by atoms with Crippen LogP contribution in [0.5, 0.6) is 0 Å². The molecule has 2 aliphatic heterocycles. The molecule has 0 aromatic carbocycles. The molecule has 0 aromatic rings. The maximum atomic E-state index is 12.1. The van der Waals surface area contributed by atoms with E-state index < -0.39 is 0 Å². The first-order valence-electron chi connectivity index (χ1n) is 9.51. The average molecular weight is 336 g/mol. The minimum absolute atomic E-state index is 0.177. The molecule has 0 aromatic heterocycles. The van der Waals surface area contributed by atoms with E-state index in [-0.39, 0.29) is 11.8 Å². The van der Waals surface area contributed by atoms with Crippen molar-refractivity contribution >= 4 is 11.8 Å². The summed E-state index contributed by atoms with van der Waals surface area (Å²) in [5.74, 6) is 1.65. The Morgan fingerprint density at radius 3 is 2.38 bits per heavy atom. The van der Waals surface area contributed by atoms with E-state index in [1.54, 1.807) is 6.92 Å². The molecule has 24 heavy (non-hydrogen) atoms. The Hall–Kier alpha value is -1.14. The molecule has 1 aliphatic carbocycles. The van der Waals surface area contributed by atoms with Gasteiger partial charge >= 0.3 is 0 Å². The van der Waals surface area contributed by atoms with E-state index >= 15 is 0 Å². The predicted octanol–water partition coefficient (Wildman–Crippen LogP) is 0.387. The van der Waals surface area contributed by atoms with Crippen LogP contribution >= 0.6 is 0 Å². The van der Waals surface area contributed by atoms with E-state index in [4.69, 9.17) is 0 Å². The largest absolute Gasteiger partial charge is 0.355 e. The number of carbonyl (C=O) groups excluding carboxylic acids is 2. The smallest absolute Gasteiger partial charge is 0.234 e. The fourth-order valence-electron chi connectivity index (χ4n) is 4.23. The summed E-state index contributed by atoms with van der Waals surface area (Å²) in [5, 5.41) is 3.10.